The Labute approximate surface area is 94.6 Å². The number of carbonyl (C=O) groups excluding carboxylic acids is 1. The van der Waals surface area contributed by atoms with Gasteiger partial charge < -0.3 is 15.5 Å². The van der Waals surface area contributed by atoms with Crippen LogP contribution in [0.4, 0.5) is 5.69 Å². The third kappa shape index (κ3) is 1.46. The first kappa shape index (κ1) is 9.66. The zero-order chi connectivity index (χ0) is 11.0. The van der Waals surface area contributed by atoms with Crippen LogP contribution in [-0.4, -0.2) is 31.7 Å². The highest BCUT2D eigenvalue weighted by molar-refractivity contribution is 6.01. The van der Waals surface area contributed by atoms with Gasteiger partial charge in [0, 0.05) is 13.1 Å². The highest BCUT2D eigenvalue weighted by atomic mass is 16.2. The van der Waals surface area contributed by atoms with Crippen LogP contribution in [0.3, 0.4) is 0 Å². The quantitative estimate of drug-likeness (QED) is 0.667. The Morgan fingerprint density at radius 1 is 1.25 bits per heavy atom. The van der Waals surface area contributed by atoms with Crippen molar-refractivity contribution in [1.82, 2.24) is 10.6 Å². The maximum atomic E-state index is 11.9. The number of hydrogen-bond donors (Lipinski definition) is 2. The second kappa shape index (κ2) is 3.79. The summed E-state index contributed by atoms with van der Waals surface area (Å²) in [4.78, 5) is 14.2. The summed E-state index contributed by atoms with van der Waals surface area (Å²) < 4.78 is 0. The zero-order valence-corrected chi connectivity index (χ0v) is 9.07. The fourth-order valence-electron chi connectivity index (χ4n) is 2.46. The van der Waals surface area contributed by atoms with Gasteiger partial charge in [-0.2, -0.15) is 0 Å². The van der Waals surface area contributed by atoms with Crippen LogP contribution in [0.1, 0.15) is 16.8 Å². The Balaban J connectivity index is 2.04. The van der Waals surface area contributed by atoms with Gasteiger partial charge in [0.05, 0.1) is 11.3 Å². The molecule has 4 heteroatoms. The highest BCUT2D eigenvalue weighted by Gasteiger charge is 2.30. The van der Waals surface area contributed by atoms with Crippen molar-refractivity contribution in [1.29, 1.82) is 0 Å². The maximum Gasteiger partial charge on any atom is 0.254 e. The van der Waals surface area contributed by atoms with Gasteiger partial charge in [0.1, 0.15) is 6.17 Å². The van der Waals surface area contributed by atoms with Crippen LogP contribution in [-0.2, 0) is 0 Å². The van der Waals surface area contributed by atoms with Crippen LogP contribution in [0.25, 0.3) is 0 Å². The molecule has 1 atom stereocenters. The molecular weight excluding hydrogens is 202 g/mol. The minimum Gasteiger partial charge on any atom is -0.349 e. The van der Waals surface area contributed by atoms with Crippen LogP contribution in [0.5, 0.6) is 0 Å². The third-order valence-electron chi connectivity index (χ3n) is 3.26. The summed E-state index contributed by atoms with van der Waals surface area (Å²) in [5.74, 6) is 0.0544. The normalized spacial score (nSPS) is 24.1. The molecule has 3 rings (SSSR count). The van der Waals surface area contributed by atoms with Gasteiger partial charge in [0.2, 0.25) is 0 Å². The van der Waals surface area contributed by atoms with Crippen molar-refractivity contribution >= 4 is 11.6 Å². The summed E-state index contributed by atoms with van der Waals surface area (Å²) in [6, 6.07) is 7.83. The first-order valence-corrected chi connectivity index (χ1v) is 5.73. The minimum atomic E-state index is 0.0544. The molecule has 1 fully saturated rings. The van der Waals surface area contributed by atoms with Gasteiger partial charge in [0.25, 0.3) is 5.91 Å². The van der Waals surface area contributed by atoms with Crippen molar-refractivity contribution < 1.29 is 4.79 Å². The molecule has 2 aliphatic heterocycles. The summed E-state index contributed by atoms with van der Waals surface area (Å²) in [7, 11) is 0. The second-order valence-corrected chi connectivity index (χ2v) is 4.24. The molecule has 0 radical (unpaired) electrons. The molecule has 2 N–H and O–H groups in total. The van der Waals surface area contributed by atoms with Gasteiger partial charge in [-0.05, 0) is 25.1 Å². The van der Waals surface area contributed by atoms with Crippen LogP contribution in [0, 0.1) is 0 Å². The fraction of sp³-hybridized carbons (Fsp3) is 0.417. The Kier molecular flexibility index (Phi) is 2.29. The van der Waals surface area contributed by atoms with Crippen molar-refractivity contribution in [2.24, 2.45) is 0 Å². The van der Waals surface area contributed by atoms with Gasteiger partial charge in [-0.1, -0.05) is 12.1 Å². The monoisotopic (exact) mass is 217 g/mol. The van der Waals surface area contributed by atoms with E-state index in [9.17, 15) is 4.79 Å². The minimum absolute atomic E-state index is 0.0544. The first-order chi connectivity index (χ1) is 7.86. The predicted molar refractivity (Wildman–Crippen MR) is 62.5 cm³/mol. The lowest BCUT2D eigenvalue weighted by atomic mass is 10.1. The van der Waals surface area contributed by atoms with E-state index >= 15 is 0 Å². The van der Waals surface area contributed by atoms with Crippen molar-refractivity contribution in [2.75, 3.05) is 24.5 Å². The smallest absolute Gasteiger partial charge is 0.254 e. The summed E-state index contributed by atoms with van der Waals surface area (Å²) in [6.07, 6.45) is 1.11. The lowest BCUT2D eigenvalue weighted by Gasteiger charge is -2.37. The van der Waals surface area contributed by atoms with E-state index in [0.29, 0.717) is 0 Å². The van der Waals surface area contributed by atoms with Gasteiger partial charge in [-0.15, -0.1) is 0 Å². The number of nitrogens with one attached hydrogen (secondary N) is 2. The van der Waals surface area contributed by atoms with Crippen molar-refractivity contribution in [3.8, 4) is 0 Å². The predicted octanol–water partition coefficient (Wildman–Crippen LogP) is 0.556. The van der Waals surface area contributed by atoms with Crippen molar-refractivity contribution in [2.45, 2.75) is 12.6 Å². The molecule has 0 spiro atoms. The molecule has 1 aromatic rings. The average Bonchev–Trinajstić information content (AvgIpc) is 2.55. The van der Waals surface area contributed by atoms with E-state index in [2.05, 4.69) is 15.5 Å². The average molecular weight is 217 g/mol. The third-order valence-corrected chi connectivity index (χ3v) is 3.26. The van der Waals surface area contributed by atoms with E-state index in [1.165, 1.54) is 0 Å². The summed E-state index contributed by atoms with van der Waals surface area (Å²) in [6.45, 7) is 2.88. The van der Waals surface area contributed by atoms with Crippen molar-refractivity contribution in [3.63, 3.8) is 0 Å². The number of nitrogens with zero attached hydrogens (tertiary/aromatic N) is 1. The molecule has 1 aromatic carbocycles. The molecule has 0 unspecified atom stereocenters. The molecule has 1 saturated heterocycles. The number of rotatable bonds is 0. The Bertz CT molecular complexity index is 418. The molecule has 0 bridgehead atoms. The molecule has 2 aliphatic rings. The largest absolute Gasteiger partial charge is 0.349 e. The highest BCUT2D eigenvalue weighted by Crippen LogP contribution is 2.27. The Hall–Kier alpha value is -1.55. The van der Waals surface area contributed by atoms with Crippen LogP contribution < -0.4 is 15.5 Å². The second-order valence-electron chi connectivity index (χ2n) is 4.24. The fourth-order valence-corrected chi connectivity index (χ4v) is 2.46. The number of carbonyl (C=O) groups is 1. The van der Waals surface area contributed by atoms with E-state index in [1.807, 2.05) is 24.3 Å². The number of anilines is 1. The SMILES string of the molecule is O=C1N[C@H]2CCNCCN2c2ccccc21. The molecular formula is C12H15N3O. The topological polar surface area (TPSA) is 44.4 Å². The molecule has 4 nitrogen and oxygen atoms in total. The van der Waals surface area contributed by atoms with E-state index in [0.717, 1.165) is 37.3 Å². The van der Waals surface area contributed by atoms with E-state index in [-0.39, 0.29) is 12.1 Å². The summed E-state index contributed by atoms with van der Waals surface area (Å²) in [5, 5.41) is 6.42. The lowest BCUT2D eigenvalue weighted by Crippen LogP contribution is -2.53. The summed E-state index contributed by atoms with van der Waals surface area (Å²) in [5.41, 5.74) is 1.86. The Morgan fingerprint density at radius 3 is 3.06 bits per heavy atom. The number of hydrogen-bond acceptors (Lipinski definition) is 3. The number of benzene rings is 1. The van der Waals surface area contributed by atoms with E-state index in [1.54, 1.807) is 0 Å². The molecule has 16 heavy (non-hydrogen) atoms. The van der Waals surface area contributed by atoms with Gasteiger partial charge in [-0.25, -0.2) is 0 Å². The molecule has 0 aliphatic carbocycles. The number of amides is 1. The molecule has 2 heterocycles. The number of para-hydroxylation sites is 1. The summed E-state index contributed by atoms with van der Waals surface area (Å²) >= 11 is 0. The van der Waals surface area contributed by atoms with E-state index < -0.39 is 0 Å². The Morgan fingerprint density at radius 2 is 2.12 bits per heavy atom. The van der Waals surface area contributed by atoms with Crippen LogP contribution in [0.15, 0.2) is 24.3 Å². The standard InChI is InChI=1S/C12H15N3O/c16-12-9-3-1-2-4-10(9)15-8-7-13-6-5-11(15)14-12/h1-4,11,13H,5-8H2,(H,14,16)/t11-/m1/s1. The molecule has 1 amide bonds. The zero-order valence-electron chi connectivity index (χ0n) is 9.07. The lowest BCUT2D eigenvalue weighted by molar-refractivity contribution is 0.0926. The molecule has 84 valence electrons. The van der Waals surface area contributed by atoms with E-state index in [4.69, 9.17) is 0 Å². The van der Waals surface area contributed by atoms with Crippen LogP contribution >= 0.6 is 0 Å². The van der Waals surface area contributed by atoms with Crippen LogP contribution in [0.2, 0.25) is 0 Å². The van der Waals surface area contributed by atoms with Gasteiger partial charge in [0.15, 0.2) is 0 Å². The van der Waals surface area contributed by atoms with Gasteiger partial charge >= 0.3 is 0 Å². The molecule has 0 aromatic heterocycles. The van der Waals surface area contributed by atoms with Crippen molar-refractivity contribution in [3.05, 3.63) is 29.8 Å². The number of fused-ring (bicyclic) bond motifs is 3. The molecule has 0 saturated carbocycles. The first-order valence-electron chi connectivity index (χ1n) is 5.73. The van der Waals surface area contributed by atoms with Gasteiger partial charge in [-0.3, -0.25) is 4.79 Å². The maximum absolute atomic E-state index is 11.9.